The number of primary amides is 1. The molecule has 0 aliphatic rings. The summed E-state index contributed by atoms with van der Waals surface area (Å²) in [4.78, 5) is 26.5. The third-order valence-corrected chi connectivity index (χ3v) is 3.80. The molecule has 3 aromatic rings. The van der Waals surface area contributed by atoms with Gasteiger partial charge in [0.2, 0.25) is 0 Å². The van der Waals surface area contributed by atoms with Gasteiger partial charge in [-0.3, -0.25) is 9.59 Å². The molecule has 2 amide bonds. The first kappa shape index (κ1) is 12.4. The van der Waals surface area contributed by atoms with Crippen LogP contribution in [0.2, 0.25) is 0 Å². The fraction of sp³-hybridized carbons (Fsp3) is 0. The number of benzene rings is 1. The molecule has 3 rings (SSSR count). The zero-order valence-electron chi connectivity index (χ0n) is 10.3. The number of rotatable bonds is 3. The molecule has 100 valence electrons. The van der Waals surface area contributed by atoms with E-state index in [2.05, 4.69) is 10.3 Å². The number of fused-ring (bicyclic) bond motifs is 1. The summed E-state index contributed by atoms with van der Waals surface area (Å²) < 4.78 is 0. The molecular formula is C14H11N3O2S. The van der Waals surface area contributed by atoms with Crippen molar-refractivity contribution in [2.45, 2.75) is 0 Å². The molecule has 4 N–H and O–H groups in total. The average molecular weight is 285 g/mol. The van der Waals surface area contributed by atoms with Crippen LogP contribution in [0.15, 0.2) is 41.9 Å². The number of nitrogens with one attached hydrogen (secondary N) is 2. The lowest BCUT2D eigenvalue weighted by Gasteiger charge is -2.04. The highest BCUT2D eigenvalue weighted by Gasteiger charge is 2.14. The van der Waals surface area contributed by atoms with Crippen LogP contribution in [0.3, 0.4) is 0 Å². The van der Waals surface area contributed by atoms with E-state index in [0.717, 1.165) is 10.9 Å². The number of hydrogen-bond acceptors (Lipinski definition) is 3. The van der Waals surface area contributed by atoms with Crippen LogP contribution in [0.1, 0.15) is 20.7 Å². The summed E-state index contributed by atoms with van der Waals surface area (Å²) in [6.45, 7) is 0. The molecule has 20 heavy (non-hydrogen) atoms. The number of carbonyl (C=O) groups is 2. The monoisotopic (exact) mass is 285 g/mol. The summed E-state index contributed by atoms with van der Waals surface area (Å²) in [5.74, 6) is -0.819. The average Bonchev–Trinajstić information content (AvgIpc) is 3.05. The molecule has 5 nitrogen and oxygen atoms in total. The van der Waals surface area contributed by atoms with Crippen molar-refractivity contribution in [3.63, 3.8) is 0 Å². The van der Waals surface area contributed by atoms with Gasteiger partial charge in [0.1, 0.15) is 5.00 Å². The molecule has 0 aliphatic carbocycles. The van der Waals surface area contributed by atoms with Gasteiger partial charge in [0, 0.05) is 22.7 Å². The van der Waals surface area contributed by atoms with Crippen molar-refractivity contribution in [3.8, 4) is 0 Å². The number of nitrogens with two attached hydrogens (primary N) is 1. The number of amides is 2. The van der Waals surface area contributed by atoms with Crippen LogP contribution in [0.5, 0.6) is 0 Å². The molecule has 0 unspecified atom stereocenters. The predicted octanol–water partition coefficient (Wildman–Crippen LogP) is 2.58. The summed E-state index contributed by atoms with van der Waals surface area (Å²) in [6.07, 6.45) is 1.82. The first-order valence-electron chi connectivity index (χ1n) is 5.91. The zero-order chi connectivity index (χ0) is 14.1. The number of aromatic amines is 1. The highest BCUT2D eigenvalue weighted by Crippen LogP contribution is 2.24. The van der Waals surface area contributed by atoms with E-state index in [1.807, 2.05) is 18.3 Å². The molecule has 6 heteroatoms. The Morgan fingerprint density at radius 2 is 2.05 bits per heavy atom. The lowest BCUT2D eigenvalue weighted by atomic mass is 10.1. The highest BCUT2D eigenvalue weighted by atomic mass is 32.1. The van der Waals surface area contributed by atoms with Crippen molar-refractivity contribution in [1.82, 2.24) is 4.98 Å². The van der Waals surface area contributed by atoms with Gasteiger partial charge in [-0.15, -0.1) is 11.3 Å². The van der Waals surface area contributed by atoms with Gasteiger partial charge in [-0.05, 0) is 35.7 Å². The maximum atomic E-state index is 12.2. The molecule has 0 radical (unpaired) electrons. The van der Waals surface area contributed by atoms with Crippen LogP contribution in [0.4, 0.5) is 5.00 Å². The van der Waals surface area contributed by atoms with Crippen molar-refractivity contribution >= 4 is 39.1 Å². The van der Waals surface area contributed by atoms with Gasteiger partial charge >= 0.3 is 0 Å². The Morgan fingerprint density at radius 3 is 2.85 bits per heavy atom. The van der Waals surface area contributed by atoms with Gasteiger partial charge < -0.3 is 16.0 Å². The van der Waals surface area contributed by atoms with Gasteiger partial charge in [0.25, 0.3) is 11.8 Å². The number of carbonyl (C=O) groups excluding carboxylic acids is 2. The molecule has 0 atom stereocenters. The minimum atomic E-state index is -0.553. The van der Waals surface area contributed by atoms with Gasteiger partial charge in [0.05, 0.1) is 5.56 Å². The van der Waals surface area contributed by atoms with Crippen molar-refractivity contribution < 1.29 is 9.59 Å². The molecular weight excluding hydrogens is 274 g/mol. The van der Waals surface area contributed by atoms with E-state index in [9.17, 15) is 9.59 Å². The van der Waals surface area contributed by atoms with Crippen molar-refractivity contribution in [1.29, 1.82) is 0 Å². The third kappa shape index (κ3) is 2.17. The Hall–Kier alpha value is -2.60. The molecule has 1 aromatic carbocycles. The lowest BCUT2D eigenvalue weighted by molar-refractivity contribution is 0.100. The first-order valence-corrected chi connectivity index (χ1v) is 6.79. The zero-order valence-corrected chi connectivity index (χ0v) is 11.2. The first-order chi connectivity index (χ1) is 9.65. The Morgan fingerprint density at radius 1 is 1.20 bits per heavy atom. The molecule has 0 aliphatic heterocycles. The van der Waals surface area contributed by atoms with Gasteiger partial charge in [-0.2, -0.15) is 0 Å². The molecule has 0 saturated carbocycles. The van der Waals surface area contributed by atoms with Crippen LogP contribution in [-0.2, 0) is 0 Å². The van der Waals surface area contributed by atoms with Crippen molar-refractivity contribution in [3.05, 3.63) is 53.0 Å². The Labute approximate surface area is 118 Å². The van der Waals surface area contributed by atoms with E-state index in [1.165, 1.54) is 11.3 Å². The lowest BCUT2D eigenvalue weighted by Crippen LogP contribution is -2.16. The molecule has 0 spiro atoms. The minimum absolute atomic E-state index is 0.266. The SMILES string of the molecule is NC(=O)c1ccsc1NC(=O)c1ccc2[nH]ccc2c1. The topological polar surface area (TPSA) is 88.0 Å². The second-order valence-electron chi connectivity index (χ2n) is 4.26. The summed E-state index contributed by atoms with van der Waals surface area (Å²) in [6, 6.07) is 8.85. The summed E-state index contributed by atoms with van der Waals surface area (Å²) in [7, 11) is 0. The van der Waals surface area contributed by atoms with E-state index in [4.69, 9.17) is 5.73 Å². The van der Waals surface area contributed by atoms with Crippen LogP contribution in [0, 0.1) is 0 Å². The Bertz CT molecular complexity index is 803. The fourth-order valence-corrected chi connectivity index (χ4v) is 2.76. The van der Waals surface area contributed by atoms with Crippen LogP contribution in [0.25, 0.3) is 10.9 Å². The molecule has 2 aromatic heterocycles. The molecule has 0 saturated heterocycles. The van der Waals surface area contributed by atoms with E-state index in [-0.39, 0.29) is 5.91 Å². The number of anilines is 1. The van der Waals surface area contributed by atoms with E-state index in [1.54, 1.807) is 23.6 Å². The van der Waals surface area contributed by atoms with Gasteiger partial charge in [0.15, 0.2) is 0 Å². The number of H-pyrrole nitrogens is 1. The smallest absolute Gasteiger partial charge is 0.256 e. The maximum absolute atomic E-state index is 12.2. The Balaban J connectivity index is 1.88. The Kier molecular flexibility index (Phi) is 3.00. The van der Waals surface area contributed by atoms with Crippen molar-refractivity contribution in [2.24, 2.45) is 5.73 Å². The number of aromatic nitrogens is 1. The number of hydrogen-bond donors (Lipinski definition) is 3. The van der Waals surface area contributed by atoms with E-state index >= 15 is 0 Å². The van der Waals surface area contributed by atoms with Crippen LogP contribution >= 0.6 is 11.3 Å². The normalized spacial score (nSPS) is 10.6. The third-order valence-electron chi connectivity index (χ3n) is 2.97. The highest BCUT2D eigenvalue weighted by molar-refractivity contribution is 7.14. The number of thiophene rings is 1. The summed E-state index contributed by atoms with van der Waals surface area (Å²) in [5.41, 5.74) is 7.07. The second kappa shape index (κ2) is 4.82. The van der Waals surface area contributed by atoms with Gasteiger partial charge in [-0.25, -0.2) is 0 Å². The molecule has 0 bridgehead atoms. The summed E-state index contributed by atoms with van der Waals surface area (Å²) in [5, 5.41) is 5.85. The standard InChI is InChI=1S/C14H11N3O2S/c15-12(18)10-4-6-20-14(10)17-13(19)9-1-2-11-8(7-9)3-5-16-11/h1-7,16H,(H2,15,18)(H,17,19). The minimum Gasteiger partial charge on any atom is -0.366 e. The van der Waals surface area contributed by atoms with E-state index < -0.39 is 5.91 Å². The molecule has 0 fully saturated rings. The molecule has 2 heterocycles. The van der Waals surface area contributed by atoms with Crippen LogP contribution < -0.4 is 11.1 Å². The predicted molar refractivity (Wildman–Crippen MR) is 79.1 cm³/mol. The summed E-state index contributed by atoms with van der Waals surface area (Å²) >= 11 is 1.27. The van der Waals surface area contributed by atoms with E-state index in [0.29, 0.717) is 16.1 Å². The maximum Gasteiger partial charge on any atom is 0.256 e. The second-order valence-corrected chi connectivity index (χ2v) is 5.18. The van der Waals surface area contributed by atoms with Crippen LogP contribution in [-0.4, -0.2) is 16.8 Å². The quantitative estimate of drug-likeness (QED) is 0.690. The largest absolute Gasteiger partial charge is 0.366 e. The fourth-order valence-electron chi connectivity index (χ4n) is 1.97. The van der Waals surface area contributed by atoms with Crippen molar-refractivity contribution in [2.75, 3.05) is 5.32 Å². The van der Waals surface area contributed by atoms with Gasteiger partial charge in [-0.1, -0.05) is 0 Å².